The van der Waals surface area contributed by atoms with Crippen molar-refractivity contribution in [3.05, 3.63) is 64.2 Å². The van der Waals surface area contributed by atoms with Crippen LogP contribution < -0.4 is 10.6 Å². The van der Waals surface area contributed by atoms with E-state index in [2.05, 4.69) is 10.6 Å². The molecule has 0 saturated carbocycles. The first-order valence-electron chi connectivity index (χ1n) is 7.12. The van der Waals surface area contributed by atoms with Crippen LogP contribution >= 0.6 is 0 Å². The molecule has 0 radical (unpaired) electrons. The number of amides is 1. The van der Waals surface area contributed by atoms with Gasteiger partial charge in [0.2, 0.25) is 0 Å². The van der Waals surface area contributed by atoms with Gasteiger partial charge in [-0.2, -0.15) is 0 Å². The molecule has 2 aromatic rings. The summed E-state index contributed by atoms with van der Waals surface area (Å²) in [6.45, 7) is 1.10. The molecule has 0 unspecified atom stereocenters. The summed E-state index contributed by atoms with van der Waals surface area (Å²) in [5.41, 5.74) is 1.25. The lowest BCUT2D eigenvalue weighted by Crippen LogP contribution is -2.25. The van der Waals surface area contributed by atoms with E-state index in [0.717, 1.165) is 5.69 Å². The van der Waals surface area contributed by atoms with E-state index in [1.807, 2.05) is 0 Å². The number of carbonyl (C=O) groups excluding carboxylic acids is 1. The molecule has 7 heteroatoms. The number of rotatable bonds is 7. The molecule has 120 valence electrons. The fourth-order valence-corrected chi connectivity index (χ4v) is 1.97. The molecule has 0 spiro atoms. The first-order valence-corrected chi connectivity index (χ1v) is 7.12. The third-order valence-corrected chi connectivity index (χ3v) is 3.15. The molecule has 7 nitrogen and oxygen atoms in total. The molecule has 0 aliphatic rings. The normalized spacial score (nSPS) is 10.1. The summed E-state index contributed by atoms with van der Waals surface area (Å²) < 4.78 is 0. The first kappa shape index (κ1) is 16.3. The van der Waals surface area contributed by atoms with Crippen LogP contribution in [0.1, 0.15) is 16.8 Å². The second-order valence-electron chi connectivity index (χ2n) is 4.89. The number of phenols is 1. The molecule has 0 aromatic heterocycles. The van der Waals surface area contributed by atoms with Gasteiger partial charge in [-0.25, -0.2) is 0 Å². The average molecular weight is 315 g/mol. The zero-order valence-electron chi connectivity index (χ0n) is 12.4. The average Bonchev–Trinajstić information content (AvgIpc) is 2.54. The lowest BCUT2D eigenvalue weighted by Gasteiger charge is -2.08. The molecule has 1 amide bonds. The molecular formula is C16H17N3O4. The molecule has 0 aliphatic carbocycles. The summed E-state index contributed by atoms with van der Waals surface area (Å²) in [5.74, 6) is -0.186. The molecule has 3 N–H and O–H groups in total. The van der Waals surface area contributed by atoms with E-state index in [9.17, 15) is 20.0 Å². The van der Waals surface area contributed by atoms with Crippen LogP contribution in [0, 0.1) is 10.1 Å². The van der Waals surface area contributed by atoms with Crippen molar-refractivity contribution in [2.45, 2.75) is 6.42 Å². The van der Waals surface area contributed by atoms with Gasteiger partial charge in [-0.15, -0.1) is 0 Å². The summed E-state index contributed by atoms with van der Waals surface area (Å²) in [6.07, 6.45) is 0.696. The highest BCUT2D eigenvalue weighted by atomic mass is 16.6. The number of hydrogen-bond donors (Lipinski definition) is 3. The molecule has 2 aromatic carbocycles. The summed E-state index contributed by atoms with van der Waals surface area (Å²) in [4.78, 5) is 21.9. The van der Waals surface area contributed by atoms with Crippen LogP contribution in [0.15, 0.2) is 48.5 Å². The predicted octanol–water partition coefficient (Wildman–Crippen LogP) is 2.53. The number of nitro groups is 1. The van der Waals surface area contributed by atoms with Crippen molar-refractivity contribution in [1.29, 1.82) is 0 Å². The Bertz CT molecular complexity index is 686. The van der Waals surface area contributed by atoms with Gasteiger partial charge in [0.15, 0.2) is 0 Å². The van der Waals surface area contributed by atoms with Gasteiger partial charge in [-0.3, -0.25) is 14.9 Å². The Balaban J connectivity index is 1.69. The summed E-state index contributed by atoms with van der Waals surface area (Å²) in [6, 6.07) is 12.3. The van der Waals surface area contributed by atoms with Gasteiger partial charge in [0.25, 0.3) is 11.6 Å². The number of nitrogens with one attached hydrogen (secondary N) is 2. The number of nitro benzene ring substituents is 1. The maximum Gasteiger partial charge on any atom is 0.269 e. The van der Waals surface area contributed by atoms with Crippen molar-refractivity contribution < 1.29 is 14.8 Å². The molecule has 0 atom stereocenters. The van der Waals surface area contributed by atoms with Gasteiger partial charge >= 0.3 is 0 Å². The first-order chi connectivity index (χ1) is 11.1. The van der Waals surface area contributed by atoms with E-state index < -0.39 is 4.92 Å². The topological polar surface area (TPSA) is 104 Å². The van der Waals surface area contributed by atoms with Gasteiger partial charge in [0.1, 0.15) is 5.75 Å². The Kier molecular flexibility index (Phi) is 5.51. The fourth-order valence-electron chi connectivity index (χ4n) is 1.97. The standard InChI is InChI=1S/C16H17N3O4/c20-15-4-1-3-12(11-15)16(21)18-10-2-9-17-13-5-7-14(8-6-13)19(22)23/h1,3-8,11,17,20H,2,9-10H2,(H,18,21). The van der Waals surface area contributed by atoms with E-state index >= 15 is 0 Å². The number of nitrogens with zero attached hydrogens (tertiary/aromatic N) is 1. The van der Waals surface area contributed by atoms with Crippen LogP contribution in [0.5, 0.6) is 5.75 Å². The number of aromatic hydroxyl groups is 1. The number of hydrogen-bond acceptors (Lipinski definition) is 5. The Morgan fingerprint density at radius 3 is 2.52 bits per heavy atom. The van der Waals surface area contributed by atoms with Gasteiger partial charge in [-0.1, -0.05) is 6.07 Å². The van der Waals surface area contributed by atoms with E-state index in [4.69, 9.17) is 0 Å². The van der Waals surface area contributed by atoms with E-state index in [1.54, 1.807) is 24.3 Å². The zero-order chi connectivity index (χ0) is 16.7. The molecule has 0 heterocycles. The largest absolute Gasteiger partial charge is 0.508 e. The van der Waals surface area contributed by atoms with Crippen molar-refractivity contribution >= 4 is 17.3 Å². The second kappa shape index (κ2) is 7.79. The zero-order valence-corrected chi connectivity index (χ0v) is 12.4. The highest BCUT2D eigenvalue weighted by Crippen LogP contribution is 2.15. The predicted molar refractivity (Wildman–Crippen MR) is 86.6 cm³/mol. The fraction of sp³-hybridized carbons (Fsp3) is 0.188. The van der Waals surface area contributed by atoms with Crippen LogP contribution in [0.4, 0.5) is 11.4 Å². The summed E-state index contributed by atoms with van der Waals surface area (Å²) in [7, 11) is 0. The molecule has 2 rings (SSSR count). The minimum Gasteiger partial charge on any atom is -0.508 e. The smallest absolute Gasteiger partial charge is 0.269 e. The molecular weight excluding hydrogens is 298 g/mol. The minimum atomic E-state index is -0.444. The maximum absolute atomic E-state index is 11.8. The lowest BCUT2D eigenvalue weighted by atomic mass is 10.2. The van der Waals surface area contributed by atoms with Crippen molar-refractivity contribution in [1.82, 2.24) is 5.32 Å². The van der Waals surface area contributed by atoms with Crippen molar-refractivity contribution in [2.75, 3.05) is 18.4 Å². The Morgan fingerprint density at radius 1 is 1.13 bits per heavy atom. The second-order valence-corrected chi connectivity index (χ2v) is 4.89. The number of non-ortho nitro benzene ring substituents is 1. The lowest BCUT2D eigenvalue weighted by molar-refractivity contribution is -0.384. The van der Waals surface area contributed by atoms with Gasteiger partial charge in [0, 0.05) is 36.5 Å². The quantitative estimate of drug-likeness (QED) is 0.414. The Morgan fingerprint density at radius 2 is 1.87 bits per heavy atom. The Hall–Kier alpha value is -3.09. The van der Waals surface area contributed by atoms with Gasteiger partial charge in [0.05, 0.1) is 4.92 Å². The van der Waals surface area contributed by atoms with E-state index in [1.165, 1.54) is 24.3 Å². The van der Waals surface area contributed by atoms with Crippen molar-refractivity contribution in [2.24, 2.45) is 0 Å². The van der Waals surface area contributed by atoms with Crippen LogP contribution in [0.2, 0.25) is 0 Å². The molecule has 23 heavy (non-hydrogen) atoms. The third kappa shape index (κ3) is 4.99. The van der Waals surface area contributed by atoms with E-state index in [-0.39, 0.29) is 17.3 Å². The van der Waals surface area contributed by atoms with Crippen molar-refractivity contribution in [3.63, 3.8) is 0 Å². The highest BCUT2D eigenvalue weighted by Gasteiger charge is 2.05. The molecule has 0 aliphatic heterocycles. The summed E-state index contributed by atoms with van der Waals surface area (Å²) in [5, 5.41) is 25.7. The SMILES string of the molecule is O=C(NCCCNc1ccc([N+](=O)[O-])cc1)c1cccc(O)c1. The third-order valence-electron chi connectivity index (χ3n) is 3.15. The van der Waals surface area contributed by atoms with Crippen molar-refractivity contribution in [3.8, 4) is 5.75 Å². The number of phenolic OH excluding ortho intramolecular Hbond substituents is 1. The minimum absolute atomic E-state index is 0.0499. The number of anilines is 1. The van der Waals surface area contributed by atoms with E-state index in [0.29, 0.717) is 25.1 Å². The number of carbonyl (C=O) groups is 1. The maximum atomic E-state index is 11.8. The molecule has 0 saturated heterocycles. The van der Waals surface area contributed by atoms with Crippen LogP contribution in [0.3, 0.4) is 0 Å². The van der Waals surface area contributed by atoms with Crippen LogP contribution in [-0.4, -0.2) is 29.0 Å². The van der Waals surface area contributed by atoms with Crippen LogP contribution in [-0.2, 0) is 0 Å². The molecule has 0 fully saturated rings. The Labute approximate surface area is 133 Å². The monoisotopic (exact) mass is 315 g/mol. The summed E-state index contributed by atoms with van der Waals surface area (Å²) >= 11 is 0. The van der Waals surface area contributed by atoms with Gasteiger partial charge in [-0.05, 0) is 36.8 Å². The van der Waals surface area contributed by atoms with Crippen LogP contribution in [0.25, 0.3) is 0 Å². The van der Waals surface area contributed by atoms with Gasteiger partial charge < -0.3 is 15.7 Å². The molecule has 0 bridgehead atoms. The highest BCUT2D eigenvalue weighted by molar-refractivity contribution is 5.94. The number of benzene rings is 2.